The first-order valence-corrected chi connectivity index (χ1v) is 7.80. The van der Waals surface area contributed by atoms with Crippen LogP contribution in [0.25, 0.3) is 0 Å². The van der Waals surface area contributed by atoms with Gasteiger partial charge in [-0.3, -0.25) is 9.88 Å². The van der Waals surface area contributed by atoms with Gasteiger partial charge in [0.2, 0.25) is 0 Å². The lowest BCUT2D eigenvalue weighted by molar-refractivity contribution is 0.140. The maximum absolute atomic E-state index is 4.41. The minimum absolute atomic E-state index is 0.471. The molecule has 1 atom stereocenters. The Morgan fingerprint density at radius 2 is 2.05 bits per heavy atom. The van der Waals surface area contributed by atoms with Crippen LogP contribution >= 0.6 is 0 Å². The molecule has 0 aliphatic carbocycles. The lowest BCUT2D eigenvalue weighted by Crippen LogP contribution is -2.33. The van der Waals surface area contributed by atoms with Gasteiger partial charge in [-0.15, -0.1) is 0 Å². The summed E-state index contributed by atoms with van der Waals surface area (Å²) in [6.07, 6.45) is 12.4. The standard InChI is InChI=1S/C17H22N4/c1-2-17-19-10-14(11-20-17)13-21-9-4-3-7-16(21)15-6-5-8-18-12-15/h5-6,8,10-12,16H,2-4,7,9,13H2,1H3. The van der Waals surface area contributed by atoms with Crippen molar-refractivity contribution in [1.82, 2.24) is 19.9 Å². The van der Waals surface area contributed by atoms with Crippen molar-refractivity contribution in [3.8, 4) is 0 Å². The quantitative estimate of drug-likeness (QED) is 0.864. The molecule has 0 amide bonds. The molecule has 0 N–H and O–H groups in total. The van der Waals surface area contributed by atoms with E-state index in [0.29, 0.717) is 6.04 Å². The highest BCUT2D eigenvalue weighted by Gasteiger charge is 2.24. The minimum Gasteiger partial charge on any atom is -0.292 e. The molecule has 3 heterocycles. The molecule has 1 saturated heterocycles. The minimum atomic E-state index is 0.471. The molecule has 1 aliphatic heterocycles. The van der Waals surface area contributed by atoms with Crippen LogP contribution in [0.5, 0.6) is 0 Å². The van der Waals surface area contributed by atoms with Crippen molar-refractivity contribution in [3.05, 3.63) is 53.9 Å². The Bertz CT molecular complexity index is 553. The zero-order chi connectivity index (χ0) is 14.5. The number of hydrogen-bond acceptors (Lipinski definition) is 4. The van der Waals surface area contributed by atoms with Crippen molar-refractivity contribution >= 4 is 0 Å². The Hall–Kier alpha value is -1.81. The van der Waals surface area contributed by atoms with Gasteiger partial charge in [0.15, 0.2) is 0 Å². The Morgan fingerprint density at radius 3 is 2.76 bits per heavy atom. The largest absolute Gasteiger partial charge is 0.292 e. The van der Waals surface area contributed by atoms with Crippen molar-refractivity contribution in [2.75, 3.05) is 6.54 Å². The molecule has 0 bridgehead atoms. The average Bonchev–Trinajstić information content (AvgIpc) is 2.57. The smallest absolute Gasteiger partial charge is 0.127 e. The van der Waals surface area contributed by atoms with Gasteiger partial charge in [-0.1, -0.05) is 19.4 Å². The number of nitrogens with zero attached hydrogens (tertiary/aromatic N) is 4. The van der Waals surface area contributed by atoms with E-state index < -0.39 is 0 Å². The fourth-order valence-electron chi connectivity index (χ4n) is 3.01. The SMILES string of the molecule is CCc1ncc(CN2CCCCC2c2cccnc2)cn1. The van der Waals surface area contributed by atoms with Gasteiger partial charge in [0, 0.05) is 49.4 Å². The van der Waals surface area contributed by atoms with Crippen LogP contribution in [-0.4, -0.2) is 26.4 Å². The second-order valence-electron chi connectivity index (χ2n) is 5.63. The van der Waals surface area contributed by atoms with E-state index >= 15 is 0 Å². The first kappa shape index (κ1) is 14.1. The van der Waals surface area contributed by atoms with E-state index in [4.69, 9.17) is 0 Å². The summed E-state index contributed by atoms with van der Waals surface area (Å²) < 4.78 is 0. The summed E-state index contributed by atoms with van der Waals surface area (Å²) >= 11 is 0. The van der Waals surface area contributed by atoms with Gasteiger partial charge in [0.05, 0.1) is 0 Å². The number of piperidine rings is 1. The number of aromatic nitrogens is 3. The summed E-state index contributed by atoms with van der Waals surface area (Å²) in [7, 11) is 0. The van der Waals surface area contributed by atoms with E-state index in [0.717, 1.165) is 25.3 Å². The lowest BCUT2D eigenvalue weighted by Gasteiger charge is -2.35. The van der Waals surface area contributed by atoms with Crippen LogP contribution in [0.1, 0.15) is 49.2 Å². The summed E-state index contributed by atoms with van der Waals surface area (Å²) in [4.78, 5) is 15.6. The number of aryl methyl sites for hydroxylation is 1. The zero-order valence-electron chi connectivity index (χ0n) is 12.6. The van der Waals surface area contributed by atoms with Crippen LogP contribution in [0.4, 0.5) is 0 Å². The van der Waals surface area contributed by atoms with E-state index in [1.54, 1.807) is 0 Å². The van der Waals surface area contributed by atoms with Crippen molar-refractivity contribution in [2.45, 2.75) is 45.2 Å². The molecule has 0 radical (unpaired) electrons. The van der Waals surface area contributed by atoms with Crippen molar-refractivity contribution in [2.24, 2.45) is 0 Å². The molecule has 0 aromatic carbocycles. The first-order valence-electron chi connectivity index (χ1n) is 7.80. The third-order valence-electron chi connectivity index (χ3n) is 4.14. The van der Waals surface area contributed by atoms with Crippen LogP contribution in [0.2, 0.25) is 0 Å². The molecule has 2 aromatic rings. The highest BCUT2D eigenvalue weighted by Crippen LogP contribution is 2.31. The monoisotopic (exact) mass is 282 g/mol. The zero-order valence-corrected chi connectivity index (χ0v) is 12.6. The second kappa shape index (κ2) is 6.76. The Labute approximate surface area is 126 Å². The first-order chi connectivity index (χ1) is 10.4. The third-order valence-corrected chi connectivity index (χ3v) is 4.14. The van der Waals surface area contributed by atoms with Crippen molar-refractivity contribution in [3.63, 3.8) is 0 Å². The van der Waals surface area contributed by atoms with E-state index in [9.17, 15) is 0 Å². The van der Waals surface area contributed by atoms with Gasteiger partial charge in [0.1, 0.15) is 5.82 Å². The Morgan fingerprint density at radius 1 is 1.19 bits per heavy atom. The number of pyridine rings is 1. The molecular weight excluding hydrogens is 260 g/mol. The maximum Gasteiger partial charge on any atom is 0.127 e. The number of rotatable bonds is 4. The molecule has 1 fully saturated rings. The molecule has 1 unspecified atom stereocenters. The Kier molecular flexibility index (Phi) is 4.55. The number of hydrogen-bond donors (Lipinski definition) is 0. The molecule has 21 heavy (non-hydrogen) atoms. The third kappa shape index (κ3) is 3.45. The lowest BCUT2D eigenvalue weighted by atomic mass is 9.96. The molecule has 2 aromatic heterocycles. The van der Waals surface area contributed by atoms with Crippen LogP contribution in [0.3, 0.4) is 0 Å². The van der Waals surface area contributed by atoms with Gasteiger partial charge in [-0.2, -0.15) is 0 Å². The average molecular weight is 282 g/mol. The fraction of sp³-hybridized carbons (Fsp3) is 0.471. The summed E-state index contributed by atoms with van der Waals surface area (Å²) in [6.45, 7) is 4.14. The van der Waals surface area contributed by atoms with Gasteiger partial charge in [0.25, 0.3) is 0 Å². The predicted molar refractivity (Wildman–Crippen MR) is 82.6 cm³/mol. The van der Waals surface area contributed by atoms with E-state index in [2.05, 4.69) is 32.8 Å². The Balaban J connectivity index is 1.75. The molecule has 0 spiro atoms. The van der Waals surface area contributed by atoms with Crippen LogP contribution < -0.4 is 0 Å². The summed E-state index contributed by atoms with van der Waals surface area (Å²) in [5.74, 6) is 0.918. The van der Waals surface area contributed by atoms with Crippen molar-refractivity contribution in [1.29, 1.82) is 0 Å². The highest BCUT2D eigenvalue weighted by atomic mass is 15.2. The summed E-state index contributed by atoms with van der Waals surface area (Å²) in [5.41, 5.74) is 2.52. The second-order valence-corrected chi connectivity index (χ2v) is 5.63. The molecule has 0 saturated carbocycles. The van der Waals surface area contributed by atoms with Crippen LogP contribution in [0, 0.1) is 0 Å². The highest BCUT2D eigenvalue weighted by molar-refractivity contribution is 5.16. The van der Waals surface area contributed by atoms with Crippen LogP contribution in [-0.2, 0) is 13.0 Å². The molecule has 110 valence electrons. The molecule has 3 rings (SSSR count). The molecular formula is C17H22N4. The van der Waals surface area contributed by atoms with Crippen LogP contribution in [0.15, 0.2) is 36.9 Å². The van der Waals surface area contributed by atoms with E-state index in [1.807, 2.05) is 30.9 Å². The molecule has 1 aliphatic rings. The normalized spacial score (nSPS) is 19.6. The summed E-state index contributed by atoms with van der Waals surface area (Å²) in [6, 6.07) is 4.69. The topological polar surface area (TPSA) is 41.9 Å². The molecule has 4 heteroatoms. The van der Waals surface area contributed by atoms with E-state index in [-0.39, 0.29) is 0 Å². The van der Waals surface area contributed by atoms with Gasteiger partial charge < -0.3 is 0 Å². The van der Waals surface area contributed by atoms with Gasteiger partial charge in [-0.25, -0.2) is 9.97 Å². The maximum atomic E-state index is 4.41. The van der Waals surface area contributed by atoms with Crippen molar-refractivity contribution < 1.29 is 0 Å². The number of likely N-dealkylation sites (tertiary alicyclic amines) is 1. The fourth-order valence-corrected chi connectivity index (χ4v) is 3.01. The molecule has 4 nitrogen and oxygen atoms in total. The van der Waals surface area contributed by atoms with Gasteiger partial charge >= 0.3 is 0 Å². The summed E-state index contributed by atoms with van der Waals surface area (Å²) in [5, 5.41) is 0. The van der Waals surface area contributed by atoms with Gasteiger partial charge in [-0.05, 0) is 31.0 Å². The predicted octanol–water partition coefficient (Wildman–Crippen LogP) is 3.16. The van der Waals surface area contributed by atoms with E-state index in [1.165, 1.54) is 30.4 Å².